The summed E-state index contributed by atoms with van der Waals surface area (Å²) in [6, 6.07) is 8.33. The van der Waals surface area contributed by atoms with Gasteiger partial charge in [-0.05, 0) is 18.9 Å². The standard InChI is InChI=1S/C13H16N2O2/c1-16-12-5-2-10(9-15-11-3-4-11)13(8-12)17-7-6-14/h2,5,8,11,15H,3-4,7,9H2,1H3. The van der Waals surface area contributed by atoms with Crippen LogP contribution in [0.25, 0.3) is 0 Å². The third kappa shape index (κ3) is 3.36. The Morgan fingerprint density at radius 1 is 1.47 bits per heavy atom. The van der Waals surface area contributed by atoms with Crippen LogP contribution in [0.15, 0.2) is 18.2 Å². The van der Waals surface area contributed by atoms with Crippen LogP contribution in [0.5, 0.6) is 11.5 Å². The molecule has 0 heterocycles. The summed E-state index contributed by atoms with van der Waals surface area (Å²) in [7, 11) is 1.62. The van der Waals surface area contributed by atoms with Gasteiger partial charge in [0.15, 0.2) is 6.61 Å². The van der Waals surface area contributed by atoms with E-state index in [1.54, 1.807) is 7.11 Å². The van der Waals surface area contributed by atoms with Crippen LogP contribution >= 0.6 is 0 Å². The molecule has 1 aromatic carbocycles. The zero-order chi connectivity index (χ0) is 12.1. The average Bonchev–Trinajstić information content (AvgIpc) is 3.18. The lowest BCUT2D eigenvalue weighted by Crippen LogP contribution is -2.16. The lowest BCUT2D eigenvalue weighted by atomic mass is 10.2. The zero-order valence-electron chi connectivity index (χ0n) is 9.90. The van der Waals surface area contributed by atoms with Gasteiger partial charge >= 0.3 is 0 Å². The maximum absolute atomic E-state index is 8.55. The third-order valence-electron chi connectivity index (χ3n) is 2.73. The minimum atomic E-state index is 0.0591. The molecule has 90 valence electrons. The van der Waals surface area contributed by atoms with Gasteiger partial charge in [0.05, 0.1) is 7.11 Å². The first-order valence-corrected chi connectivity index (χ1v) is 5.73. The van der Waals surface area contributed by atoms with Crippen LogP contribution in [0.3, 0.4) is 0 Å². The van der Waals surface area contributed by atoms with Crippen molar-refractivity contribution < 1.29 is 9.47 Å². The van der Waals surface area contributed by atoms with E-state index >= 15 is 0 Å². The zero-order valence-corrected chi connectivity index (χ0v) is 9.90. The van der Waals surface area contributed by atoms with Gasteiger partial charge in [0.25, 0.3) is 0 Å². The third-order valence-corrected chi connectivity index (χ3v) is 2.73. The highest BCUT2D eigenvalue weighted by molar-refractivity contribution is 5.41. The predicted octanol–water partition coefficient (Wildman–Crippen LogP) is 1.85. The number of hydrogen-bond donors (Lipinski definition) is 1. The molecule has 1 aromatic rings. The lowest BCUT2D eigenvalue weighted by molar-refractivity contribution is 0.356. The van der Waals surface area contributed by atoms with Gasteiger partial charge in [0.2, 0.25) is 0 Å². The largest absolute Gasteiger partial charge is 0.497 e. The fraction of sp³-hybridized carbons (Fsp3) is 0.462. The Kier molecular flexibility index (Phi) is 3.84. The second-order valence-corrected chi connectivity index (χ2v) is 4.08. The molecule has 2 rings (SSSR count). The monoisotopic (exact) mass is 232 g/mol. The fourth-order valence-corrected chi connectivity index (χ4v) is 1.59. The van der Waals surface area contributed by atoms with E-state index in [2.05, 4.69) is 5.32 Å². The van der Waals surface area contributed by atoms with Gasteiger partial charge in [-0.3, -0.25) is 0 Å². The Bertz CT molecular complexity index is 422. The van der Waals surface area contributed by atoms with Gasteiger partial charge in [-0.25, -0.2) is 0 Å². The van der Waals surface area contributed by atoms with Crippen molar-refractivity contribution in [3.63, 3.8) is 0 Å². The molecule has 1 aliphatic carbocycles. The number of benzene rings is 1. The molecule has 0 radical (unpaired) electrons. The predicted molar refractivity (Wildman–Crippen MR) is 64.0 cm³/mol. The first-order valence-electron chi connectivity index (χ1n) is 5.73. The van der Waals surface area contributed by atoms with Gasteiger partial charge in [-0.15, -0.1) is 0 Å². The number of methoxy groups -OCH3 is 1. The fourth-order valence-electron chi connectivity index (χ4n) is 1.59. The van der Waals surface area contributed by atoms with Crippen molar-refractivity contribution in [1.29, 1.82) is 5.26 Å². The number of nitriles is 1. The molecular weight excluding hydrogens is 216 g/mol. The number of rotatable bonds is 6. The van der Waals surface area contributed by atoms with Gasteiger partial charge < -0.3 is 14.8 Å². The number of ether oxygens (including phenoxy) is 2. The summed E-state index contributed by atoms with van der Waals surface area (Å²) in [6.45, 7) is 0.832. The first kappa shape index (κ1) is 11.7. The average molecular weight is 232 g/mol. The van der Waals surface area contributed by atoms with Crippen molar-refractivity contribution in [1.82, 2.24) is 5.32 Å². The molecule has 0 unspecified atom stereocenters. The van der Waals surface area contributed by atoms with Crippen molar-refractivity contribution in [2.24, 2.45) is 0 Å². The van der Waals surface area contributed by atoms with E-state index in [1.807, 2.05) is 24.3 Å². The summed E-state index contributed by atoms with van der Waals surface area (Å²) < 4.78 is 10.5. The molecule has 0 atom stereocenters. The highest BCUT2D eigenvalue weighted by Crippen LogP contribution is 2.26. The van der Waals surface area contributed by atoms with Crippen molar-refractivity contribution in [2.75, 3.05) is 13.7 Å². The minimum Gasteiger partial charge on any atom is -0.497 e. The van der Waals surface area contributed by atoms with Crippen LogP contribution in [0, 0.1) is 11.3 Å². The normalized spacial score (nSPS) is 14.1. The number of nitrogens with zero attached hydrogens (tertiary/aromatic N) is 1. The van der Waals surface area contributed by atoms with Gasteiger partial charge in [0, 0.05) is 24.2 Å². The molecule has 0 amide bonds. The topological polar surface area (TPSA) is 54.3 Å². The highest BCUT2D eigenvalue weighted by Gasteiger charge is 2.20. The van der Waals surface area contributed by atoms with Gasteiger partial charge in [-0.2, -0.15) is 5.26 Å². The van der Waals surface area contributed by atoms with Gasteiger partial charge in [0.1, 0.15) is 17.6 Å². The summed E-state index contributed by atoms with van der Waals surface area (Å²) >= 11 is 0. The molecule has 0 aromatic heterocycles. The van der Waals surface area contributed by atoms with Crippen molar-refractivity contribution in [3.05, 3.63) is 23.8 Å². The first-order chi connectivity index (χ1) is 8.33. The summed E-state index contributed by atoms with van der Waals surface area (Å²) in [5.74, 6) is 1.46. The van der Waals surface area contributed by atoms with Crippen LogP contribution in [0.1, 0.15) is 18.4 Å². The molecule has 17 heavy (non-hydrogen) atoms. The molecule has 4 heteroatoms. The summed E-state index contributed by atoms with van der Waals surface area (Å²) in [5.41, 5.74) is 1.06. The van der Waals surface area contributed by atoms with Crippen LogP contribution in [-0.4, -0.2) is 19.8 Å². The molecular formula is C13H16N2O2. The van der Waals surface area contributed by atoms with E-state index in [-0.39, 0.29) is 6.61 Å². The number of hydrogen-bond acceptors (Lipinski definition) is 4. The van der Waals surface area contributed by atoms with Crippen molar-refractivity contribution >= 4 is 0 Å². The van der Waals surface area contributed by atoms with E-state index in [0.29, 0.717) is 6.04 Å². The Morgan fingerprint density at radius 3 is 2.94 bits per heavy atom. The van der Waals surface area contributed by atoms with Crippen LogP contribution in [0.4, 0.5) is 0 Å². The van der Waals surface area contributed by atoms with Crippen LogP contribution < -0.4 is 14.8 Å². The lowest BCUT2D eigenvalue weighted by Gasteiger charge is -2.11. The Balaban J connectivity index is 2.07. The minimum absolute atomic E-state index is 0.0591. The molecule has 0 spiro atoms. The molecule has 0 bridgehead atoms. The molecule has 0 saturated heterocycles. The molecule has 1 N–H and O–H groups in total. The summed E-state index contributed by atoms with van der Waals surface area (Å²) in [6.07, 6.45) is 2.51. The quantitative estimate of drug-likeness (QED) is 0.813. The Hall–Kier alpha value is -1.73. The molecule has 4 nitrogen and oxygen atoms in total. The van der Waals surface area contributed by atoms with E-state index < -0.39 is 0 Å². The van der Waals surface area contributed by atoms with E-state index in [0.717, 1.165) is 23.6 Å². The van der Waals surface area contributed by atoms with Crippen molar-refractivity contribution in [2.45, 2.75) is 25.4 Å². The van der Waals surface area contributed by atoms with Crippen LogP contribution in [0.2, 0.25) is 0 Å². The maximum atomic E-state index is 8.55. The van der Waals surface area contributed by atoms with Crippen LogP contribution in [-0.2, 0) is 6.54 Å². The second-order valence-electron chi connectivity index (χ2n) is 4.08. The SMILES string of the molecule is COc1ccc(CNC2CC2)c(OCC#N)c1. The molecule has 1 fully saturated rings. The smallest absolute Gasteiger partial charge is 0.174 e. The molecule has 0 aliphatic heterocycles. The van der Waals surface area contributed by atoms with E-state index in [1.165, 1.54) is 12.8 Å². The van der Waals surface area contributed by atoms with Crippen molar-refractivity contribution in [3.8, 4) is 17.6 Å². The molecule has 1 aliphatic rings. The summed E-state index contributed by atoms with van der Waals surface area (Å²) in [5, 5.41) is 12.0. The maximum Gasteiger partial charge on any atom is 0.174 e. The van der Waals surface area contributed by atoms with Gasteiger partial charge in [-0.1, -0.05) is 6.07 Å². The second kappa shape index (κ2) is 5.55. The van der Waals surface area contributed by atoms with E-state index in [9.17, 15) is 0 Å². The Labute approximate surface area is 101 Å². The highest BCUT2D eigenvalue weighted by atomic mass is 16.5. The molecule has 1 saturated carbocycles. The van der Waals surface area contributed by atoms with E-state index in [4.69, 9.17) is 14.7 Å². The number of nitrogens with one attached hydrogen (secondary N) is 1. The summed E-state index contributed by atoms with van der Waals surface area (Å²) in [4.78, 5) is 0. The Morgan fingerprint density at radius 2 is 2.29 bits per heavy atom.